The molecule has 1 aliphatic carbocycles. The number of imidazole rings is 1. The molecule has 0 unspecified atom stereocenters. The number of hydrogen-bond donors (Lipinski definition) is 0. The average molecular weight is 188 g/mol. The van der Waals surface area contributed by atoms with E-state index in [1.165, 1.54) is 5.69 Å². The van der Waals surface area contributed by atoms with Crippen molar-refractivity contribution in [2.24, 2.45) is 12.5 Å². The van der Waals surface area contributed by atoms with Gasteiger partial charge in [-0.1, -0.05) is 26.0 Å². The van der Waals surface area contributed by atoms with E-state index in [-0.39, 0.29) is 5.41 Å². The number of aromatic nitrogens is 2. The van der Waals surface area contributed by atoms with Crippen LogP contribution in [0.4, 0.5) is 0 Å². The summed E-state index contributed by atoms with van der Waals surface area (Å²) in [6.07, 6.45) is 8.69. The smallest absolute Gasteiger partial charge is 0.106 e. The highest BCUT2D eigenvalue weighted by molar-refractivity contribution is 5.64. The van der Waals surface area contributed by atoms with Crippen LogP contribution in [-0.2, 0) is 7.05 Å². The molecule has 1 aromatic heterocycles. The number of hydrogen-bond acceptors (Lipinski definition) is 1. The van der Waals surface area contributed by atoms with Crippen molar-refractivity contribution < 1.29 is 0 Å². The minimum atomic E-state index is 0.134. The van der Waals surface area contributed by atoms with Gasteiger partial charge in [0.15, 0.2) is 0 Å². The Morgan fingerprint density at radius 3 is 2.57 bits per heavy atom. The molecule has 0 bridgehead atoms. The van der Waals surface area contributed by atoms with Gasteiger partial charge >= 0.3 is 0 Å². The quantitative estimate of drug-likeness (QED) is 0.612. The summed E-state index contributed by atoms with van der Waals surface area (Å²) < 4.78 is 2.12. The van der Waals surface area contributed by atoms with Crippen LogP contribution >= 0.6 is 0 Å². The lowest BCUT2D eigenvalue weighted by molar-refractivity contribution is 0.633. The van der Waals surface area contributed by atoms with Crippen molar-refractivity contribution in [3.8, 4) is 0 Å². The highest BCUT2D eigenvalue weighted by atomic mass is 15.1. The van der Waals surface area contributed by atoms with Crippen LogP contribution in [0.15, 0.2) is 12.2 Å². The van der Waals surface area contributed by atoms with Crippen molar-refractivity contribution in [1.82, 2.24) is 9.55 Å². The monoisotopic (exact) mass is 188 g/mol. The van der Waals surface area contributed by atoms with Crippen molar-refractivity contribution in [3.63, 3.8) is 0 Å². The fourth-order valence-electron chi connectivity index (χ4n) is 1.62. The number of fused-ring (bicyclic) bond motifs is 1. The Morgan fingerprint density at radius 1 is 1.21 bits per heavy atom. The molecule has 0 atom stereocenters. The van der Waals surface area contributed by atoms with E-state index in [4.69, 9.17) is 0 Å². The normalized spacial score (nSPS) is 18.0. The van der Waals surface area contributed by atoms with Crippen molar-refractivity contribution in [3.05, 3.63) is 29.4 Å². The second-order valence-corrected chi connectivity index (χ2v) is 4.48. The molecule has 74 valence electrons. The highest BCUT2D eigenvalue weighted by Crippen LogP contribution is 2.27. The molecule has 0 radical (unpaired) electrons. The predicted octanol–water partition coefficient (Wildman–Crippen LogP) is 2.79. The molecule has 0 saturated heterocycles. The minimum Gasteiger partial charge on any atom is -0.331 e. The number of rotatable bonds is 0. The van der Waals surface area contributed by atoms with Crippen LogP contribution in [0.3, 0.4) is 0 Å². The molecule has 0 aromatic carbocycles. The topological polar surface area (TPSA) is 17.8 Å². The van der Waals surface area contributed by atoms with E-state index in [1.54, 1.807) is 0 Å². The van der Waals surface area contributed by atoms with Crippen molar-refractivity contribution in [1.29, 1.82) is 0 Å². The zero-order valence-electron chi connectivity index (χ0n) is 9.20. The molecular weight excluding hydrogens is 172 g/mol. The summed E-state index contributed by atoms with van der Waals surface area (Å²) in [5.41, 5.74) is 2.41. The molecule has 0 spiro atoms. The van der Waals surface area contributed by atoms with E-state index in [1.807, 2.05) is 6.92 Å². The molecular formula is C12H16N2. The molecule has 0 aliphatic heterocycles. The molecule has 0 N–H and O–H groups in total. The fraction of sp³-hybridized carbons (Fsp3) is 0.417. The first-order valence-corrected chi connectivity index (χ1v) is 4.91. The third-order valence-electron chi connectivity index (χ3n) is 2.73. The molecule has 2 heteroatoms. The van der Waals surface area contributed by atoms with Gasteiger partial charge in [-0.25, -0.2) is 4.98 Å². The van der Waals surface area contributed by atoms with E-state index < -0.39 is 0 Å². The Hall–Kier alpha value is -1.31. The van der Waals surface area contributed by atoms with Gasteiger partial charge in [-0.05, 0) is 19.1 Å². The zero-order valence-corrected chi connectivity index (χ0v) is 9.20. The predicted molar refractivity (Wildman–Crippen MR) is 59.8 cm³/mol. The number of aryl methyl sites for hydroxylation is 1. The van der Waals surface area contributed by atoms with Crippen LogP contribution in [0, 0.1) is 12.3 Å². The number of allylic oxidation sites excluding steroid dienone is 2. The van der Waals surface area contributed by atoms with Crippen LogP contribution in [-0.4, -0.2) is 9.55 Å². The van der Waals surface area contributed by atoms with Crippen LogP contribution in [0.2, 0.25) is 0 Å². The molecule has 1 heterocycles. The molecule has 14 heavy (non-hydrogen) atoms. The fourth-order valence-corrected chi connectivity index (χ4v) is 1.62. The van der Waals surface area contributed by atoms with Crippen LogP contribution in [0.5, 0.6) is 0 Å². The summed E-state index contributed by atoms with van der Waals surface area (Å²) in [5.74, 6) is 1.06. The van der Waals surface area contributed by atoms with Gasteiger partial charge in [-0.3, -0.25) is 0 Å². The van der Waals surface area contributed by atoms with E-state index in [0.29, 0.717) is 0 Å². The summed E-state index contributed by atoms with van der Waals surface area (Å²) in [5, 5.41) is 0. The lowest BCUT2D eigenvalue weighted by Gasteiger charge is -2.12. The zero-order chi connectivity index (χ0) is 10.3. The molecule has 1 aliphatic rings. The van der Waals surface area contributed by atoms with E-state index >= 15 is 0 Å². The Balaban J connectivity index is 2.58. The van der Waals surface area contributed by atoms with Crippen LogP contribution < -0.4 is 0 Å². The van der Waals surface area contributed by atoms with E-state index in [2.05, 4.69) is 54.8 Å². The van der Waals surface area contributed by atoms with Crippen molar-refractivity contribution >= 4 is 12.2 Å². The second-order valence-electron chi connectivity index (χ2n) is 4.48. The lowest BCUT2D eigenvalue weighted by Crippen LogP contribution is -2.00. The maximum absolute atomic E-state index is 4.50. The number of nitrogens with zero attached hydrogens (tertiary/aromatic N) is 2. The van der Waals surface area contributed by atoms with Gasteiger partial charge in [0.05, 0.1) is 11.4 Å². The van der Waals surface area contributed by atoms with E-state index in [9.17, 15) is 0 Å². The summed E-state index contributed by atoms with van der Waals surface area (Å²) in [4.78, 5) is 4.50. The van der Waals surface area contributed by atoms with Gasteiger partial charge in [-0.2, -0.15) is 0 Å². The van der Waals surface area contributed by atoms with Gasteiger partial charge in [-0.15, -0.1) is 0 Å². The lowest BCUT2D eigenvalue weighted by atomic mass is 9.93. The minimum absolute atomic E-state index is 0.134. The highest BCUT2D eigenvalue weighted by Gasteiger charge is 2.15. The Labute approximate surface area is 85.0 Å². The third-order valence-corrected chi connectivity index (χ3v) is 2.73. The summed E-state index contributed by atoms with van der Waals surface area (Å²) in [6, 6.07) is 0. The molecule has 2 rings (SSSR count). The standard InChI is InChI=1S/C12H16N2/c1-9-13-10-5-7-12(2,3)8-6-11(10)14(9)4/h5-8H,1-4H3. The van der Waals surface area contributed by atoms with Crippen LogP contribution in [0.1, 0.15) is 31.1 Å². The Bertz CT molecular complexity index is 420. The first kappa shape index (κ1) is 9.25. The molecule has 0 amide bonds. The van der Waals surface area contributed by atoms with Gasteiger partial charge in [0, 0.05) is 12.5 Å². The molecule has 2 nitrogen and oxygen atoms in total. The SMILES string of the molecule is Cc1nc2c(n1C)C=CC(C)(C)C=C2. The Kier molecular flexibility index (Phi) is 1.88. The molecule has 1 aromatic rings. The average Bonchev–Trinajstić information content (AvgIpc) is 2.27. The summed E-state index contributed by atoms with van der Waals surface area (Å²) >= 11 is 0. The van der Waals surface area contributed by atoms with E-state index in [0.717, 1.165) is 11.5 Å². The summed E-state index contributed by atoms with van der Waals surface area (Å²) in [6.45, 7) is 6.42. The second kappa shape index (κ2) is 2.84. The first-order chi connectivity index (χ1) is 6.49. The van der Waals surface area contributed by atoms with Gasteiger partial charge in [0.25, 0.3) is 0 Å². The van der Waals surface area contributed by atoms with Gasteiger partial charge < -0.3 is 4.57 Å². The molecule has 0 fully saturated rings. The van der Waals surface area contributed by atoms with Crippen LogP contribution in [0.25, 0.3) is 12.2 Å². The molecule has 0 saturated carbocycles. The maximum atomic E-state index is 4.50. The maximum Gasteiger partial charge on any atom is 0.106 e. The van der Waals surface area contributed by atoms with Crippen molar-refractivity contribution in [2.75, 3.05) is 0 Å². The van der Waals surface area contributed by atoms with Gasteiger partial charge in [0.2, 0.25) is 0 Å². The van der Waals surface area contributed by atoms with Crippen molar-refractivity contribution in [2.45, 2.75) is 20.8 Å². The summed E-state index contributed by atoms with van der Waals surface area (Å²) in [7, 11) is 2.05. The first-order valence-electron chi connectivity index (χ1n) is 4.91. The van der Waals surface area contributed by atoms with Gasteiger partial charge in [0.1, 0.15) is 5.82 Å². The third kappa shape index (κ3) is 1.41. The largest absolute Gasteiger partial charge is 0.331 e. The Morgan fingerprint density at radius 2 is 1.86 bits per heavy atom.